The number of ether oxygens (including phenoxy) is 2. The maximum atomic E-state index is 15.2. The summed E-state index contributed by atoms with van der Waals surface area (Å²) in [6, 6.07) is -1.09. The number of amides is 1. The molecule has 0 saturated carbocycles. The molecule has 1 fully saturated rings. The molecule has 1 unspecified atom stereocenters. The minimum absolute atomic E-state index is 0.0913. The fourth-order valence-electron chi connectivity index (χ4n) is 4.87. The Morgan fingerprint density at radius 1 is 1.05 bits per heavy atom. The number of halogens is 7. The monoisotopic (exact) mass is 670 g/mol. The molecule has 0 spiro atoms. The molecule has 238 valence electrons. The highest BCUT2D eigenvalue weighted by Gasteiger charge is 2.31. The van der Waals surface area contributed by atoms with Crippen LogP contribution in [-0.2, 0) is 36.7 Å². The summed E-state index contributed by atoms with van der Waals surface area (Å²) >= 11 is 1.09. The van der Waals surface area contributed by atoms with E-state index in [4.69, 9.17) is 9.47 Å². The zero-order valence-electron chi connectivity index (χ0n) is 22.1. The molecular weight excluding hydrogens is 649 g/mol. The molecular formula is C25H21F7N4O6S2. The molecule has 2 aliphatic heterocycles. The van der Waals surface area contributed by atoms with E-state index in [1.165, 1.54) is 10.3 Å². The van der Waals surface area contributed by atoms with E-state index in [2.05, 4.69) is 10.1 Å². The molecule has 1 atom stereocenters. The number of benzene rings is 1. The lowest BCUT2D eigenvalue weighted by Crippen LogP contribution is -2.40. The quantitative estimate of drug-likeness (QED) is 0.282. The van der Waals surface area contributed by atoms with Crippen molar-refractivity contribution in [3.8, 4) is 0 Å². The molecule has 5 rings (SSSR count). The van der Waals surface area contributed by atoms with Gasteiger partial charge in [0.2, 0.25) is 5.91 Å². The van der Waals surface area contributed by atoms with Gasteiger partial charge in [-0.05, 0) is 30.5 Å². The summed E-state index contributed by atoms with van der Waals surface area (Å²) in [5.41, 5.74) is -2.24. The molecule has 4 heterocycles. The van der Waals surface area contributed by atoms with E-state index in [9.17, 15) is 39.7 Å². The number of piperidine rings is 1. The Balaban J connectivity index is 1.28. The van der Waals surface area contributed by atoms with Crippen molar-refractivity contribution in [1.82, 2.24) is 19.7 Å². The molecule has 19 heteroatoms. The fraction of sp³-hybridized carbons (Fsp3) is 0.400. The first-order chi connectivity index (χ1) is 20.7. The number of nitrogens with zero attached hydrogens (tertiary/aromatic N) is 4. The zero-order valence-corrected chi connectivity index (χ0v) is 23.7. The normalized spacial score (nSPS) is 18.0. The van der Waals surface area contributed by atoms with Gasteiger partial charge in [0.05, 0.1) is 15.4 Å². The molecule has 0 bridgehead atoms. The summed E-state index contributed by atoms with van der Waals surface area (Å²) in [6.07, 6.45) is -7.32. The van der Waals surface area contributed by atoms with Crippen molar-refractivity contribution in [3.05, 3.63) is 67.5 Å². The number of fused-ring (bicyclic) bond motifs is 1. The van der Waals surface area contributed by atoms with Gasteiger partial charge < -0.3 is 14.4 Å². The maximum Gasteiger partial charge on any atom is 0.289 e. The summed E-state index contributed by atoms with van der Waals surface area (Å²) in [4.78, 5) is 18.4. The van der Waals surface area contributed by atoms with E-state index in [0.29, 0.717) is 34.7 Å². The van der Waals surface area contributed by atoms with Gasteiger partial charge in [0.1, 0.15) is 35.2 Å². The van der Waals surface area contributed by atoms with Crippen LogP contribution in [0.15, 0.2) is 23.6 Å². The van der Waals surface area contributed by atoms with Crippen LogP contribution in [0.2, 0.25) is 0 Å². The van der Waals surface area contributed by atoms with Crippen LogP contribution in [0, 0.1) is 5.82 Å². The van der Waals surface area contributed by atoms with Crippen LogP contribution in [0.25, 0.3) is 12.0 Å². The van der Waals surface area contributed by atoms with Crippen LogP contribution in [-0.4, -0.2) is 51.6 Å². The number of aromatic nitrogens is 3. The summed E-state index contributed by atoms with van der Waals surface area (Å²) in [5.74, 6) is -3.28. The summed E-state index contributed by atoms with van der Waals surface area (Å²) in [7, 11) is -4.71. The largest absolute Gasteiger partial charge is 0.423 e. The highest BCUT2D eigenvalue weighted by atomic mass is 32.2. The third-order valence-corrected chi connectivity index (χ3v) is 8.63. The molecule has 2 aromatic heterocycles. The van der Waals surface area contributed by atoms with E-state index in [1.54, 1.807) is 0 Å². The second kappa shape index (κ2) is 12.4. The van der Waals surface area contributed by atoms with E-state index in [0.717, 1.165) is 17.4 Å². The van der Waals surface area contributed by atoms with Crippen molar-refractivity contribution >= 4 is 39.4 Å². The third-order valence-electron chi connectivity index (χ3n) is 6.93. The van der Waals surface area contributed by atoms with Crippen molar-refractivity contribution in [3.63, 3.8) is 0 Å². The SMILES string of the molecule is O=C(Cn1nc(C(F)F)cc1C(F)F)N1CCC(c2nc(C3OC(F)=c4c(F)ccc(CS(=O)(=O)O)c4=C(F)O3)cs2)CC1. The number of rotatable bonds is 8. The molecule has 1 saturated heterocycles. The minimum Gasteiger partial charge on any atom is -0.423 e. The molecule has 1 aromatic carbocycles. The van der Waals surface area contributed by atoms with Gasteiger partial charge in [0.25, 0.3) is 41.3 Å². The predicted octanol–water partition coefficient (Wildman–Crippen LogP) is 3.96. The maximum absolute atomic E-state index is 15.2. The highest BCUT2D eigenvalue weighted by Crippen LogP contribution is 2.35. The zero-order chi connectivity index (χ0) is 31.9. The second-order valence-electron chi connectivity index (χ2n) is 9.82. The van der Waals surface area contributed by atoms with Crippen LogP contribution in [0.1, 0.15) is 65.6 Å². The Kier molecular flexibility index (Phi) is 8.90. The lowest BCUT2D eigenvalue weighted by atomic mass is 9.97. The molecule has 10 nitrogen and oxygen atoms in total. The van der Waals surface area contributed by atoms with Crippen LogP contribution in [0.3, 0.4) is 0 Å². The van der Waals surface area contributed by atoms with E-state index < -0.39 is 92.7 Å². The first kappa shape index (κ1) is 31.7. The molecule has 44 heavy (non-hydrogen) atoms. The van der Waals surface area contributed by atoms with Gasteiger partial charge in [-0.15, -0.1) is 11.3 Å². The number of hydrogen-bond donors (Lipinski definition) is 1. The van der Waals surface area contributed by atoms with E-state index >= 15 is 8.78 Å². The Hall–Kier alpha value is -3.71. The minimum atomic E-state index is -4.71. The Bertz CT molecular complexity index is 1810. The van der Waals surface area contributed by atoms with Gasteiger partial charge in [-0.2, -0.15) is 22.3 Å². The molecule has 2 aliphatic rings. The van der Waals surface area contributed by atoms with Gasteiger partial charge in [-0.25, -0.2) is 26.9 Å². The van der Waals surface area contributed by atoms with Crippen molar-refractivity contribution in [2.45, 2.75) is 50.2 Å². The topological polar surface area (TPSA) is 124 Å². The number of carbonyl (C=O) groups is 1. The number of likely N-dealkylation sites (tertiary alicyclic amines) is 1. The molecule has 1 amide bonds. The van der Waals surface area contributed by atoms with Crippen molar-refractivity contribution in [2.24, 2.45) is 0 Å². The summed E-state index contributed by atoms with van der Waals surface area (Å²) in [5, 5.41) is 3.38. The van der Waals surface area contributed by atoms with Crippen LogP contribution >= 0.6 is 11.3 Å². The van der Waals surface area contributed by atoms with Crippen molar-refractivity contribution in [1.29, 1.82) is 0 Å². The number of alkyl halides is 4. The third kappa shape index (κ3) is 6.68. The smallest absolute Gasteiger partial charge is 0.289 e. The van der Waals surface area contributed by atoms with Crippen LogP contribution < -0.4 is 10.4 Å². The average Bonchev–Trinajstić information content (AvgIpc) is 3.58. The highest BCUT2D eigenvalue weighted by molar-refractivity contribution is 7.85. The van der Waals surface area contributed by atoms with Crippen LogP contribution in [0.4, 0.5) is 30.7 Å². The van der Waals surface area contributed by atoms with E-state index in [1.807, 2.05) is 0 Å². The first-order valence-corrected chi connectivity index (χ1v) is 15.2. The van der Waals surface area contributed by atoms with E-state index in [-0.39, 0.29) is 24.7 Å². The molecule has 0 radical (unpaired) electrons. The molecule has 3 aromatic rings. The standard InChI is InChI=1S/C25H21F7N4O6S2/c26-13-2-1-12(10-44(38,39)40)18-19(13)23(32)42-25(41-22(18)31)15-9-43-24(33-15)11-3-5-35(6-4-11)17(37)8-36-16(21(29)30)7-14(34-36)20(27)28/h1-2,7,9,11,20-21,25H,3-6,8,10H2,(H,38,39,40). The Labute approximate surface area is 247 Å². The first-order valence-electron chi connectivity index (χ1n) is 12.7. The molecule has 1 N–H and O–H groups in total. The van der Waals surface area contributed by atoms with Gasteiger partial charge in [0.15, 0.2) is 0 Å². The predicted molar refractivity (Wildman–Crippen MR) is 138 cm³/mol. The fourth-order valence-corrected chi connectivity index (χ4v) is 6.49. The van der Waals surface area contributed by atoms with Gasteiger partial charge in [0, 0.05) is 24.4 Å². The Morgan fingerprint density at radius 3 is 2.32 bits per heavy atom. The lowest BCUT2D eigenvalue weighted by Gasteiger charge is -2.31. The average molecular weight is 671 g/mol. The van der Waals surface area contributed by atoms with Gasteiger partial charge in [-0.3, -0.25) is 14.0 Å². The lowest BCUT2D eigenvalue weighted by molar-refractivity contribution is -0.133. The summed E-state index contributed by atoms with van der Waals surface area (Å²) in [6.45, 7) is -0.330. The van der Waals surface area contributed by atoms with Crippen molar-refractivity contribution < 1.29 is 58.0 Å². The number of hydrogen-bond acceptors (Lipinski definition) is 8. The summed E-state index contributed by atoms with van der Waals surface area (Å²) < 4.78 is 139. The van der Waals surface area contributed by atoms with Crippen molar-refractivity contribution in [2.75, 3.05) is 13.1 Å². The Morgan fingerprint density at radius 2 is 1.70 bits per heavy atom. The van der Waals surface area contributed by atoms with Gasteiger partial charge in [-0.1, -0.05) is 6.07 Å². The number of thiazole rings is 1. The van der Waals surface area contributed by atoms with Gasteiger partial charge >= 0.3 is 0 Å². The number of carbonyl (C=O) groups excluding carboxylic acids is 1. The second-order valence-corrected chi connectivity index (χ2v) is 12.2. The molecule has 0 aliphatic carbocycles. The van der Waals surface area contributed by atoms with Crippen LogP contribution in [0.5, 0.6) is 0 Å².